The number of benzene rings is 3. The van der Waals surface area contributed by atoms with Crippen molar-refractivity contribution in [2.75, 3.05) is 39.4 Å². The maximum atomic E-state index is 13.6. The van der Waals surface area contributed by atoms with Crippen LogP contribution in [0.4, 0.5) is 0 Å². The molecule has 0 radical (unpaired) electrons. The van der Waals surface area contributed by atoms with Gasteiger partial charge in [-0.05, 0) is 87.0 Å². The van der Waals surface area contributed by atoms with Gasteiger partial charge in [0.25, 0.3) is 0 Å². The Labute approximate surface area is 232 Å². The first-order chi connectivity index (χ1) is 19.3. The van der Waals surface area contributed by atoms with Crippen LogP contribution < -0.4 is 10.6 Å². The zero-order chi connectivity index (χ0) is 26.7. The predicted octanol–water partition coefficient (Wildman–Crippen LogP) is 5.56. The first-order valence-corrected chi connectivity index (χ1v) is 14.5. The topological polar surface area (TPSA) is 62.8 Å². The van der Waals surface area contributed by atoms with E-state index in [0.717, 1.165) is 57.1 Å². The Morgan fingerprint density at radius 1 is 0.692 bits per heavy atom. The SMILES string of the molecule is O=C(c1ccccc1)N(OCC(c1ccccc1)C1CCCNC1)OCC(c1ccccc1)C1CCCNC1. The molecule has 3 aromatic carbocycles. The van der Waals surface area contributed by atoms with Gasteiger partial charge in [-0.15, -0.1) is 0 Å². The van der Waals surface area contributed by atoms with Gasteiger partial charge in [0.1, 0.15) is 0 Å². The number of nitrogens with one attached hydrogen (secondary N) is 2. The molecule has 6 heteroatoms. The molecular formula is C33H41N3O3. The van der Waals surface area contributed by atoms with Gasteiger partial charge in [-0.3, -0.25) is 4.79 Å². The second-order valence-corrected chi connectivity index (χ2v) is 10.8. The second-order valence-electron chi connectivity index (χ2n) is 10.8. The molecule has 39 heavy (non-hydrogen) atoms. The molecule has 1 amide bonds. The Morgan fingerprint density at radius 3 is 1.54 bits per heavy atom. The fourth-order valence-corrected chi connectivity index (χ4v) is 5.99. The third kappa shape index (κ3) is 7.55. The van der Waals surface area contributed by atoms with E-state index in [4.69, 9.17) is 9.68 Å². The van der Waals surface area contributed by atoms with E-state index in [-0.39, 0.29) is 17.7 Å². The Morgan fingerprint density at radius 2 is 1.13 bits per heavy atom. The number of rotatable bonds is 11. The maximum Gasteiger partial charge on any atom is 0.303 e. The summed E-state index contributed by atoms with van der Waals surface area (Å²) in [6.07, 6.45) is 4.55. The highest BCUT2D eigenvalue weighted by Gasteiger charge is 2.30. The molecule has 0 aliphatic carbocycles. The first-order valence-electron chi connectivity index (χ1n) is 14.5. The van der Waals surface area contributed by atoms with Crippen molar-refractivity contribution >= 4 is 5.91 Å². The summed E-state index contributed by atoms with van der Waals surface area (Å²) in [5.74, 6) is 0.889. The molecule has 2 heterocycles. The van der Waals surface area contributed by atoms with Gasteiger partial charge in [0.05, 0.1) is 13.2 Å². The van der Waals surface area contributed by atoms with Crippen LogP contribution in [0.1, 0.15) is 59.0 Å². The lowest BCUT2D eigenvalue weighted by Gasteiger charge is -2.34. The minimum Gasteiger partial charge on any atom is -0.316 e. The molecule has 3 aromatic rings. The number of amides is 1. The fourth-order valence-electron chi connectivity index (χ4n) is 5.99. The molecule has 0 spiro atoms. The van der Waals surface area contributed by atoms with Crippen molar-refractivity contribution in [3.8, 4) is 0 Å². The van der Waals surface area contributed by atoms with Crippen LogP contribution in [-0.4, -0.2) is 50.5 Å². The summed E-state index contributed by atoms with van der Waals surface area (Å²) in [6, 6.07) is 30.3. The number of hydrogen-bond donors (Lipinski definition) is 2. The lowest BCUT2D eigenvalue weighted by Crippen LogP contribution is -2.40. The van der Waals surface area contributed by atoms with Gasteiger partial charge >= 0.3 is 5.91 Å². The third-order valence-electron chi connectivity index (χ3n) is 8.19. The zero-order valence-corrected chi connectivity index (χ0v) is 22.7. The Bertz CT molecular complexity index is 1050. The van der Waals surface area contributed by atoms with Crippen LogP contribution in [0, 0.1) is 11.8 Å². The monoisotopic (exact) mass is 527 g/mol. The van der Waals surface area contributed by atoms with Gasteiger partial charge in [0.2, 0.25) is 0 Å². The number of hydrogen-bond acceptors (Lipinski definition) is 5. The molecule has 2 aliphatic heterocycles. The van der Waals surface area contributed by atoms with Crippen LogP contribution >= 0.6 is 0 Å². The zero-order valence-electron chi connectivity index (χ0n) is 22.7. The van der Waals surface area contributed by atoms with E-state index in [0.29, 0.717) is 30.6 Å². The van der Waals surface area contributed by atoms with Gasteiger partial charge < -0.3 is 10.6 Å². The number of nitrogens with zero attached hydrogens (tertiary/aromatic N) is 1. The van der Waals surface area contributed by atoms with Crippen LogP contribution in [0.2, 0.25) is 0 Å². The van der Waals surface area contributed by atoms with Crippen LogP contribution in [0.5, 0.6) is 0 Å². The molecule has 2 fully saturated rings. The summed E-state index contributed by atoms with van der Waals surface area (Å²) in [7, 11) is 0. The molecule has 0 saturated carbocycles. The standard InChI is InChI=1S/C33H41N3O3/c37-33(28-16-8-3-9-17-28)36(38-24-31(26-12-4-1-5-13-26)29-18-10-20-34-22-29)39-25-32(27-14-6-2-7-15-27)30-19-11-21-35-23-30/h1-9,12-17,29-32,34-35H,10-11,18-25H2. The molecule has 0 aromatic heterocycles. The summed E-state index contributed by atoms with van der Waals surface area (Å²) >= 11 is 0. The van der Waals surface area contributed by atoms with Crippen molar-refractivity contribution in [1.82, 2.24) is 15.9 Å². The second kappa shape index (κ2) is 14.4. The highest BCUT2D eigenvalue weighted by atomic mass is 17.0. The highest BCUT2D eigenvalue weighted by Crippen LogP contribution is 2.32. The molecule has 5 rings (SSSR count). The Kier molecular flexibility index (Phi) is 10.2. The Balaban J connectivity index is 1.35. The summed E-state index contributed by atoms with van der Waals surface area (Å²) in [6.45, 7) is 4.74. The lowest BCUT2D eigenvalue weighted by molar-refractivity contribution is -0.332. The van der Waals surface area contributed by atoms with E-state index >= 15 is 0 Å². The first kappa shape index (κ1) is 27.5. The quantitative estimate of drug-likeness (QED) is 0.320. The van der Waals surface area contributed by atoms with Crippen molar-refractivity contribution in [3.05, 3.63) is 108 Å². The van der Waals surface area contributed by atoms with Crippen molar-refractivity contribution < 1.29 is 14.5 Å². The van der Waals surface area contributed by atoms with E-state index in [1.54, 1.807) is 0 Å². The van der Waals surface area contributed by atoms with Crippen molar-refractivity contribution in [3.63, 3.8) is 0 Å². The summed E-state index contributed by atoms with van der Waals surface area (Å²) < 4.78 is 0. The number of carbonyl (C=O) groups is 1. The largest absolute Gasteiger partial charge is 0.316 e. The minimum absolute atomic E-state index is 0.154. The molecule has 6 nitrogen and oxygen atoms in total. The third-order valence-corrected chi connectivity index (χ3v) is 8.19. The molecule has 4 atom stereocenters. The fraction of sp³-hybridized carbons (Fsp3) is 0.424. The van der Waals surface area contributed by atoms with Crippen molar-refractivity contribution in [1.29, 1.82) is 0 Å². The molecular weight excluding hydrogens is 486 g/mol. The van der Waals surface area contributed by atoms with Gasteiger partial charge in [0, 0.05) is 17.4 Å². The van der Waals surface area contributed by atoms with Crippen LogP contribution in [0.25, 0.3) is 0 Å². The van der Waals surface area contributed by atoms with E-state index in [1.807, 2.05) is 42.5 Å². The summed E-state index contributed by atoms with van der Waals surface area (Å²) in [5.41, 5.74) is 3.01. The van der Waals surface area contributed by atoms with Crippen LogP contribution in [0.3, 0.4) is 0 Å². The van der Waals surface area contributed by atoms with Gasteiger partial charge in [-0.1, -0.05) is 84.1 Å². The van der Waals surface area contributed by atoms with Crippen LogP contribution in [0.15, 0.2) is 91.0 Å². The number of carbonyl (C=O) groups excluding carboxylic acids is 1. The lowest BCUT2D eigenvalue weighted by atomic mass is 9.82. The smallest absolute Gasteiger partial charge is 0.303 e. The normalized spacial score (nSPS) is 21.1. The highest BCUT2D eigenvalue weighted by molar-refractivity contribution is 5.92. The number of hydroxylamine groups is 2. The molecule has 2 N–H and O–H groups in total. The van der Waals surface area contributed by atoms with Crippen LogP contribution in [-0.2, 0) is 9.68 Å². The molecule has 2 aliphatic rings. The molecule has 4 unspecified atom stereocenters. The average Bonchev–Trinajstić information content (AvgIpc) is 3.02. The molecule has 206 valence electrons. The minimum atomic E-state index is -0.280. The molecule has 0 bridgehead atoms. The summed E-state index contributed by atoms with van der Waals surface area (Å²) in [5, 5.41) is 8.25. The molecule has 2 saturated heterocycles. The van der Waals surface area contributed by atoms with E-state index in [9.17, 15) is 4.79 Å². The van der Waals surface area contributed by atoms with E-state index in [1.165, 1.54) is 11.1 Å². The average molecular weight is 528 g/mol. The van der Waals surface area contributed by atoms with Gasteiger partial charge in [-0.2, -0.15) is 0 Å². The number of piperidine rings is 2. The van der Waals surface area contributed by atoms with Gasteiger partial charge in [0.15, 0.2) is 0 Å². The van der Waals surface area contributed by atoms with Crippen molar-refractivity contribution in [2.24, 2.45) is 11.8 Å². The van der Waals surface area contributed by atoms with E-state index < -0.39 is 0 Å². The summed E-state index contributed by atoms with van der Waals surface area (Å²) in [4.78, 5) is 26.3. The van der Waals surface area contributed by atoms with E-state index in [2.05, 4.69) is 59.2 Å². The maximum absolute atomic E-state index is 13.6. The van der Waals surface area contributed by atoms with Gasteiger partial charge in [-0.25, -0.2) is 9.68 Å². The van der Waals surface area contributed by atoms with Crippen molar-refractivity contribution in [2.45, 2.75) is 37.5 Å². The predicted molar refractivity (Wildman–Crippen MR) is 154 cm³/mol. The Hall–Kier alpha value is -3.03.